The van der Waals surface area contributed by atoms with Gasteiger partial charge in [-0.25, -0.2) is 4.68 Å². The number of aromatic nitrogens is 5. The van der Waals surface area contributed by atoms with Gasteiger partial charge < -0.3 is 19.4 Å². The van der Waals surface area contributed by atoms with Crippen LogP contribution in [0.4, 0.5) is 5.69 Å². The molecule has 0 unspecified atom stereocenters. The summed E-state index contributed by atoms with van der Waals surface area (Å²) in [6, 6.07) is 15.5. The molecule has 34 heavy (non-hydrogen) atoms. The highest BCUT2D eigenvalue weighted by molar-refractivity contribution is 5.81. The molecule has 1 fully saturated rings. The Balaban J connectivity index is 1.50. The van der Waals surface area contributed by atoms with Gasteiger partial charge in [-0.2, -0.15) is 0 Å². The van der Waals surface area contributed by atoms with Gasteiger partial charge in [0.2, 0.25) is 0 Å². The van der Waals surface area contributed by atoms with E-state index in [9.17, 15) is 4.79 Å². The van der Waals surface area contributed by atoms with Crippen molar-refractivity contribution >= 4 is 16.6 Å². The second-order valence-electron chi connectivity index (χ2n) is 8.84. The minimum absolute atomic E-state index is 0.0797. The number of rotatable bonds is 6. The van der Waals surface area contributed by atoms with Gasteiger partial charge >= 0.3 is 0 Å². The third-order valence-corrected chi connectivity index (χ3v) is 6.82. The third kappa shape index (κ3) is 3.62. The molecule has 0 saturated carbocycles. The van der Waals surface area contributed by atoms with Gasteiger partial charge in [0.05, 0.1) is 25.3 Å². The summed E-state index contributed by atoms with van der Waals surface area (Å²) in [5, 5.41) is 13.6. The lowest BCUT2D eigenvalue weighted by atomic mass is 10.0. The molecule has 9 nitrogen and oxygen atoms in total. The Kier molecular flexibility index (Phi) is 5.26. The van der Waals surface area contributed by atoms with E-state index >= 15 is 0 Å². The number of anilines is 1. The second kappa shape index (κ2) is 8.57. The molecule has 1 saturated heterocycles. The van der Waals surface area contributed by atoms with Crippen molar-refractivity contribution in [2.24, 2.45) is 0 Å². The van der Waals surface area contributed by atoms with E-state index in [1.54, 1.807) is 11.8 Å². The Bertz CT molecular complexity index is 1390. The van der Waals surface area contributed by atoms with Gasteiger partial charge in [-0.15, -0.1) is 5.10 Å². The number of fused-ring (bicyclic) bond motifs is 2. The van der Waals surface area contributed by atoms with E-state index in [0.29, 0.717) is 23.7 Å². The maximum absolute atomic E-state index is 13.5. The van der Waals surface area contributed by atoms with Crippen LogP contribution in [0.2, 0.25) is 0 Å². The van der Waals surface area contributed by atoms with Crippen LogP contribution in [0.15, 0.2) is 53.3 Å². The Labute approximate surface area is 196 Å². The van der Waals surface area contributed by atoms with E-state index in [-0.39, 0.29) is 11.7 Å². The van der Waals surface area contributed by atoms with Gasteiger partial charge in [0.15, 0.2) is 5.82 Å². The lowest BCUT2D eigenvalue weighted by molar-refractivity contribution is 0.0924. The van der Waals surface area contributed by atoms with Crippen molar-refractivity contribution in [3.8, 4) is 5.75 Å². The molecule has 2 aromatic carbocycles. The van der Waals surface area contributed by atoms with Crippen LogP contribution < -0.4 is 15.2 Å². The van der Waals surface area contributed by atoms with Crippen molar-refractivity contribution in [1.82, 2.24) is 25.2 Å². The fourth-order valence-electron chi connectivity index (χ4n) is 5.12. The van der Waals surface area contributed by atoms with Crippen molar-refractivity contribution in [2.75, 3.05) is 25.2 Å². The lowest BCUT2D eigenvalue weighted by Crippen LogP contribution is -2.35. The van der Waals surface area contributed by atoms with E-state index in [2.05, 4.69) is 43.6 Å². The van der Waals surface area contributed by atoms with Gasteiger partial charge in [-0.05, 0) is 64.9 Å². The van der Waals surface area contributed by atoms with Crippen LogP contribution in [0.3, 0.4) is 0 Å². The largest absolute Gasteiger partial charge is 0.497 e. The number of aromatic amines is 1. The molecule has 174 valence electrons. The van der Waals surface area contributed by atoms with E-state index in [1.807, 2.05) is 30.3 Å². The highest BCUT2D eigenvalue weighted by atomic mass is 16.5. The first kappa shape index (κ1) is 20.9. The molecular formula is C25H26N6O3. The Hall–Kier alpha value is -3.72. The number of pyridine rings is 1. The number of hydrogen-bond donors (Lipinski definition) is 1. The van der Waals surface area contributed by atoms with E-state index in [1.165, 1.54) is 5.56 Å². The number of tetrazole rings is 1. The molecule has 6 rings (SSSR count). The molecule has 2 aliphatic heterocycles. The maximum Gasteiger partial charge on any atom is 0.254 e. The Morgan fingerprint density at radius 1 is 1.24 bits per heavy atom. The minimum Gasteiger partial charge on any atom is -0.497 e. The summed E-state index contributed by atoms with van der Waals surface area (Å²) in [6.45, 7) is 2.10. The quantitative estimate of drug-likeness (QED) is 0.474. The Morgan fingerprint density at radius 3 is 3.00 bits per heavy atom. The van der Waals surface area contributed by atoms with Gasteiger partial charge in [-0.3, -0.25) is 4.79 Å². The molecule has 0 aliphatic carbocycles. The first-order valence-electron chi connectivity index (χ1n) is 11.6. The topological polar surface area (TPSA) is 98.2 Å². The number of nitrogens with one attached hydrogen (secondary N) is 1. The Morgan fingerprint density at radius 2 is 2.15 bits per heavy atom. The molecule has 0 amide bonds. The molecule has 0 spiro atoms. The van der Waals surface area contributed by atoms with Gasteiger partial charge in [0.25, 0.3) is 5.56 Å². The van der Waals surface area contributed by atoms with Crippen molar-refractivity contribution in [2.45, 2.75) is 38.0 Å². The number of nitrogens with zero attached hydrogens (tertiary/aromatic N) is 5. The van der Waals surface area contributed by atoms with E-state index in [0.717, 1.165) is 49.0 Å². The fraction of sp³-hybridized carbons (Fsp3) is 0.360. The number of benzene rings is 2. The van der Waals surface area contributed by atoms with E-state index < -0.39 is 6.04 Å². The summed E-state index contributed by atoms with van der Waals surface area (Å²) in [4.78, 5) is 18.8. The highest BCUT2D eigenvalue weighted by Gasteiger charge is 2.34. The predicted molar refractivity (Wildman–Crippen MR) is 127 cm³/mol. The molecule has 9 heteroatoms. The predicted octanol–water partition coefficient (Wildman–Crippen LogP) is 2.85. The van der Waals surface area contributed by atoms with Crippen LogP contribution >= 0.6 is 0 Å². The standard InChI is InChI=1S/C25H26N6O3/c1-33-18-9-8-17-13-20(25(32)26-21(17)14-18)23(30-11-10-16-5-2-3-7-22(16)30)24-27-28-29-31(24)15-19-6-4-12-34-19/h2-3,5,7-9,13-14,19,23H,4,6,10-12,15H2,1H3,(H,26,32)/t19-,23-/m1/s1. The zero-order chi connectivity index (χ0) is 23.1. The minimum atomic E-state index is -0.435. The monoisotopic (exact) mass is 458 g/mol. The summed E-state index contributed by atoms with van der Waals surface area (Å²) >= 11 is 0. The number of ether oxygens (including phenoxy) is 2. The molecule has 0 radical (unpaired) electrons. The first-order valence-corrected chi connectivity index (χ1v) is 11.6. The molecule has 4 aromatic rings. The molecule has 4 heterocycles. The average Bonchev–Trinajstić information content (AvgIpc) is 3.62. The van der Waals surface area contributed by atoms with Crippen molar-refractivity contribution in [3.63, 3.8) is 0 Å². The zero-order valence-corrected chi connectivity index (χ0v) is 19.0. The molecule has 2 atom stereocenters. The molecular weight excluding hydrogens is 432 g/mol. The third-order valence-electron chi connectivity index (χ3n) is 6.82. The summed E-state index contributed by atoms with van der Waals surface area (Å²) < 4.78 is 13.0. The number of H-pyrrole nitrogens is 1. The van der Waals surface area contributed by atoms with Crippen LogP contribution in [-0.4, -0.2) is 51.6 Å². The van der Waals surface area contributed by atoms with E-state index in [4.69, 9.17) is 9.47 Å². The van der Waals surface area contributed by atoms with Crippen LogP contribution in [0.5, 0.6) is 5.75 Å². The van der Waals surface area contributed by atoms with Crippen molar-refractivity contribution in [1.29, 1.82) is 0 Å². The smallest absolute Gasteiger partial charge is 0.254 e. The highest BCUT2D eigenvalue weighted by Crippen LogP contribution is 2.37. The van der Waals surface area contributed by atoms with Gasteiger partial charge in [-0.1, -0.05) is 18.2 Å². The summed E-state index contributed by atoms with van der Waals surface area (Å²) in [7, 11) is 1.61. The van der Waals surface area contributed by atoms with Crippen LogP contribution in [0.25, 0.3) is 10.9 Å². The van der Waals surface area contributed by atoms with Crippen molar-refractivity contribution in [3.05, 3.63) is 75.8 Å². The summed E-state index contributed by atoms with van der Waals surface area (Å²) in [5.74, 6) is 1.34. The maximum atomic E-state index is 13.5. The molecule has 2 aromatic heterocycles. The number of para-hydroxylation sites is 1. The summed E-state index contributed by atoms with van der Waals surface area (Å²) in [5.41, 5.74) is 3.54. The molecule has 0 bridgehead atoms. The van der Waals surface area contributed by atoms with Gasteiger partial charge in [0, 0.05) is 30.5 Å². The van der Waals surface area contributed by atoms with Crippen molar-refractivity contribution < 1.29 is 9.47 Å². The molecule has 2 aliphatic rings. The zero-order valence-electron chi connectivity index (χ0n) is 19.0. The second-order valence-corrected chi connectivity index (χ2v) is 8.84. The van der Waals surface area contributed by atoms with Crippen LogP contribution in [0.1, 0.15) is 35.8 Å². The normalized spacial score (nSPS) is 18.4. The first-order chi connectivity index (χ1) is 16.7. The SMILES string of the molecule is COc1ccc2cc([C@H](c3nnnn3C[C@H]3CCCO3)N3CCc4ccccc43)c(=O)[nH]c2c1. The molecule has 1 N–H and O–H groups in total. The van der Waals surface area contributed by atoms with Crippen LogP contribution in [-0.2, 0) is 17.7 Å². The fourth-order valence-corrected chi connectivity index (χ4v) is 5.12. The van der Waals surface area contributed by atoms with Gasteiger partial charge in [0.1, 0.15) is 11.8 Å². The number of methoxy groups -OCH3 is 1. The average molecular weight is 459 g/mol. The number of hydrogen-bond acceptors (Lipinski definition) is 7. The summed E-state index contributed by atoms with van der Waals surface area (Å²) in [6.07, 6.45) is 3.01. The lowest BCUT2D eigenvalue weighted by Gasteiger charge is -2.29. The van der Waals surface area contributed by atoms with Crippen LogP contribution in [0, 0.1) is 0 Å².